The molecule has 2 rings (SSSR count). The molecule has 0 bridgehead atoms. The van der Waals surface area contributed by atoms with Crippen molar-refractivity contribution in [2.45, 2.75) is 6.10 Å². The maximum absolute atomic E-state index is 11.8. The van der Waals surface area contributed by atoms with Gasteiger partial charge in [-0.2, -0.15) is 0 Å². The Morgan fingerprint density at radius 1 is 1.12 bits per heavy atom. The highest BCUT2D eigenvalue weighted by molar-refractivity contribution is 5.95. The average molecular weight is 330 g/mol. The van der Waals surface area contributed by atoms with Crippen molar-refractivity contribution in [1.29, 1.82) is 0 Å². The molecule has 1 amide bonds. The number of anilines is 1. The third kappa shape index (κ3) is 4.37. The molecule has 0 fully saturated rings. The fourth-order valence-electron chi connectivity index (χ4n) is 1.91. The second kappa shape index (κ2) is 7.84. The van der Waals surface area contributed by atoms with E-state index in [0.717, 1.165) is 0 Å². The first-order valence-electron chi connectivity index (χ1n) is 6.92. The van der Waals surface area contributed by atoms with Crippen LogP contribution in [0.3, 0.4) is 0 Å². The minimum absolute atomic E-state index is 0.00726. The Morgan fingerprint density at radius 2 is 1.75 bits per heavy atom. The first-order valence-corrected chi connectivity index (χ1v) is 6.92. The number of aliphatic hydroxyl groups excluding tert-OH is 1. The predicted octanol–water partition coefficient (Wildman–Crippen LogP) is 1.81. The van der Waals surface area contributed by atoms with Crippen LogP contribution in [0.15, 0.2) is 54.6 Å². The van der Waals surface area contributed by atoms with Crippen LogP contribution in [0.25, 0.3) is 0 Å². The number of hydrogen-bond donors (Lipinski definition) is 2. The van der Waals surface area contributed by atoms with E-state index in [0.29, 0.717) is 5.56 Å². The lowest BCUT2D eigenvalue weighted by molar-refractivity contribution is -0.383. The van der Waals surface area contributed by atoms with E-state index in [2.05, 4.69) is 5.32 Å². The number of para-hydroxylation sites is 2. The third-order valence-corrected chi connectivity index (χ3v) is 3.06. The lowest BCUT2D eigenvalue weighted by atomic mass is 10.1. The molecule has 2 N–H and O–H groups in total. The van der Waals surface area contributed by atoms with Gasteiger partial charge in [0.25, 0.3) is 11.6 Å². The van der Waals surface area contributed by atoms with Crippen molar-refractivity contribution in [3.8, 4) is 0 Å². The number of rotatable bonds is 6. The molecule has 24 heavy (non-hydrogen) atoms. The molecule has 0 aliphatic heterocycles. The molecule has 2 aromatic carbocycles. The van der Waals surface area contributed by atoms with Crippen LogP contribution in [0.4, 0.5) is 11.4 Å². The molecule has 0 unspecified atom stereocenters. The van der Waals surface area contributed by atoms with E-state index in [9.17, 15) is 24.8 Å². The molecule has 124 valence electrons. The topological polar surface area (TPSA) is 119 Å². The van der Waals surface area contributed by atoms with E-state index in [1.54, 1.807) is 30.3 Å². The fourth-order valence-corrected chi connectivity index (χ4v) is 1.91. The quantitative estimate of drug-likeness (QED) is 0.473. The van der Waals surface area contributed by atoms with Crippen molar-refractivity contribution >= 4 is 23.3 Å². The van der Waals surface area contributed by atoms with Gasteiger partial charge in [0.1, 0.15) is 5.69 Å². The second-order valence-electron chi connectivity index (χ2n) is 4.74. The number of amides is 1. The van der Waals surface area contributed by atoms with E-state index >= 15 is 0 Å². The van der Waals surface area contributed by atoms with Gasteiger partial charge < -0.3 is 15.2 Å². The SMILES string of the molecule is O=C(COC(=O)[C@H](O)c1ccccc1)Nc1ccccc1[N+](=O)[O-]. The van der Waals surface area contributed by atoms with Crippen molar-refractivity contribution in [1.82, 2.24) is 0 Å². The number of benzene rings is 2. The second-order valence-corrected chi connectivity index (χ2v) is 4.74. The molecule has 8 nitrogen and oxygen atoms in total. The van der Waals surface area contributed by atoms with E-state index in [-0.39, 0.29) is 11.4 Å². The van der Waals surface area contributed by atoms with Crippen LogP contribution in [0.2, 0.25) is 0 Å². The standard InChI is InChI=1S/C16H14N2O6/c19-14(17-12-8-4-5-9-13(12)18(22)23)10-24-16(21)15(20)11-6-2-1-3-7-11/h1-9,15,20H,10H2,(H,17,19)/t15-/m1/s1. The molecule has 1 atom stereocenters. The molecular weight excluding hydrogens is 316 g/mol. The minimum atomic E-state index is -1.51. The normalized spacial score (nSPS) is 11.4. The highest BCUT2D eigenvalue weighted by Crippen LogP contribution is 2.23. The first-order chi connectivity index (χ1) is 11.5. The largest absolute Gasteiger partial charge is 0.453 e. The zero-order chi connectivity index (χ0) is 17.5. The summed E-state index contributed by atoms with van der Waals surface area (Å²) in [5.41, 5.74) is 0.0512. The smallest absolute Gasteiger partial charge is 0.340 e. The van der Waals surface area contributed by atoms with Crippen molar-refractivity contribution < 1.29 is 24.4 Å². The third-order valence-electron chi connectivity index (χ3n) is 3.06. The molecular formula is C16H14N2O6. The lowest BCUT2D eigenvalue weighted by Gasteiger charge is -2.11. The van der Waals surface area contributed by atoms with Gasteiger partial charge >= 0.3 is 5.97 Å². The number of aliphatic hydroxyl groups is 1. The van der Waals surface area contributed by atoms with Gasteiger partial charge in [0.15, 0.2) is 12.7 Å². The van der Waals surface area contributed by atoms with Crippen LogP contribution in [-0.2, 0) is 14.3 Å². The number of esters is 1. The Hall–Kier alpha value is -3.26. The van der Waals surface area contributed by atoms with E-state index in [1.165, 1.54) is 24.3 Å². The van der Waals surface area contributed by atoms with Gasteiger partial charge in [0, 0.05) is 6.07 Å². The summed E-state index contributed by atoms with van der Waals surface area (Å²) in [5, 5.41) is 23.0. The molecule has 0 aliphatic rings. The molecule has 0 spiro atoms. The molecule has 2 aromatic rings. The molecule has 0 saturated carbocycles. The van der Waals surface area contributed by atoms with E-state index in [4.69, 9.17) is 4.74 Å². The number of carbonyl (C=O) groups excluding carboxylic acids is 2. The summed E-state index contributed by atoms with van der Waals surface area (Å²) >= 11 is 0. The van der Waals surface area contributed by atoms with Crippen LogP contribution in [0.5, 0.6) is 0 Å². The fraction of sp³-hybridized carbons (Fsp3) is 0.125. The van der Waals surface area contributed by atoms with Crippen LogP contribution in [-0.4, -0.2) is 28.5 Å². The van der Waals surface area contributed by atoms with E-state index in [1.807, 2.05) is 0 Å². The Bertz CT molecular complexity index is 747. The number of nitrogens with one attached hydrogen (secondary N) is 1. The summed E-state index contributed by atoms with van der Waals surface area (Å²) in [4.78, 5) is 33.7. The number of nitro benzene ring substituents is 1. The highest BCUT2D eigenvalue weighted by atomic mass is 16.6. The number of hydrogen-bond acceptors (Lipinski definition) is 6. The van der Waals surface area contributed by atoms with Gasteiger partial charge in [-0.1, -0.05) is 42.5 Å². The number of carbonyl (C=O) groups is 2. The Morgan fingerprint density at radius 3 is 2.42 bits per heavy atom. The molecule has 8 heteroatoms. The molecule has 0 aromatic heterocycles. The number of ether oxygens (including phenoxy) is 1. The summed E-state index contributed by atoms with van der Waals surface area (Å²) in [6, 6.07) is 13.7. The van der Waals surface area contributed by atoms with Gasteiger partial charge in [-0.25, -0.2) is 4.79 Å². The Kier molecular flexibility index (Phi) is 5.58. The summed E-state index contributed by atoms with van der Waals surface area (Å²) in [6.07, 6.45) is -1.51. The van der Waals surface area contributed by atoms with Gasteiger partial charge in [-0.3, -0.25) is 14.9 Å². The molecule has 0 heterocycles. The average Bonchev–Trinajstić information content (AvgIpc) is 2.60. The predicted molar refractivity (Wildman–Crippen MR) is 84.1 cm³/mol. The van der Waals surface area contributed by atoms with Crippen LogP contribution < -0.4 is 5.32 Å². The summed E-state index contributed by atoms with van der Waals surface area (Å²) in [5.74, 6) is -1.74. The van der Waals surface area contributed by atoms with Crippen LogP contribution >= 0.6 is 0 Å². The highest BCUT2D eigenvalue weighted by Gasteiger charge is 2.20. The van der Waals surface area contributed by atoms with Gasteiger partial charge in [0.05, 0.1) is 4.92 Å². The first kappa shape index (κ1) is 17.1. The summed E-state index contributed by atoms with van der Waals surface area (Å²) in [6.45, 7) is -0.672. The maximum atomic E-state index is 11.8. The number of nitro groups is 1. The number of nitrogens with zero attached hydrogens (tertiary/aromatic N) is 1. The van der Waals surface area contributed by atoms with Crippen molar-refractivity contribution in [2.24, 2.45) is 0 Å². The molecule has 0 aliphatic carbocycles. The maximum Gasteiger partial charge on any atom is 0.340 e. The zero-order valence-corrected chi connectivity index (χ0v) is 12.4. The molecule has 0 saturated heterocycles. The van der Waals surface area contributed by atoms with Gasteiger partial charge in [-0.05, 0) is 11.6 Å². The van der Waals surface area contributed by atoms with E-state index < -0.39 is 29.5 Å². The zero-order valence-electron chi connectivity index (χ0n) is 12.4. The van der Waals surface area contributed by atoms with Gasteiger partial charge in [-0.15, -0.1) is 0 Å². The Balaban J connectivity index is 1.92. The Labute approximate surface area is 136 Å². The van der Waals surface area contributed by atoms with Crippen LogP contribution in [0.1, 0.15) is 11.7 Å². The van der Waals surface area contributed by atoms with Crippen LogP contribution in [0, 0.1) is 10.1 Å². The summed E-state index contributed by atoms with van der Waals surface area (Å²) < 4.78 is 4.72. The van der Waals surface area contributed by atoms with Crippen molar-refractivity contribution in [3.05, 3.63) is 70.3 Å². The van der Waals surface area contributed by atoms with Crippen molar-refractivity contribution in [3.63, 3.8) is 0 Å². The van der Waals surface area contributed by atoms with Gasteiger partial charge in [0.2, 0.25) is 0 Å². The lowest BCUT2D eigenvalue weighted by Crippen LogP contribution is -2.24. The molecule has 0 radical (unpaired) electrons. The minimum Gasteiger partial charge on any atom is -0.453 e. The monoisotopic (exact) mass is 330 g/mol. The summed E-state index contributed by atoms with van der Waals surface area (Å²) in [7, 11) is 0. The van der Waals surface area contributed by atoms with Crippen molar-refractivity contribution in [2.75, 3.05) is 11.9 Å².